The van der Waals surface area contributed by atoms with E-state index in [9.17, 15) is 19.8 Å². The maximum atomic E-state index is 13.2. The number of allylic oxidation sites excluding steroid dienone is 18. The van der Waals surface area contributed by atoms with E-state index >= 15 is 0 Å². The van der Waals surface area contributed by atoms with Gasteiger partial charge in [0.15, 0.2) is 0 Å². The molecular weight excluding hydrogens is 767 g/mol. The SMILES string of the molecule is CC/C=C/C=C/C=C\C=C/C=C/CCCC(CC(=O)NC(CO)C(O)CCCCCCCCCCCCCCCC)OC(=O)CCCCC/C=C/C/C=C/C/C=C/C/C=C/CC. The molecule has 0 aliphatic carbocycles. The van der Waals surface area contributed by atoms with Crippen LogP contribution in [0.2, 0.25) is 0 Å². The zero-order chi connectivity index (χ0) is 45.2. The first kappa shape index (κ1) is 58.5. The van der Waals surface area contributed by atoms with Crippen LogP contribution in [0.1, 0.15) is 207 Å². The molecule has 62 heavy (non-hydrogen) atoms. The summed E-state index contributed by atoms with van der Waals surface area (Å²) in [5, 5.41) is 23.7. The molecule has 0 saturated heterocycles. The Labute approximate surface area is 381 Å². The Hall–Kier alpha value is -3.48. The van der Waals surface area contributed by atoms with Gasteiger partial charge in [0.1, 0.15) is 6.10 Å². The summed E-state index contributed by atoms with van der Waals surface area (Å²) in [6, 6.07) is -0.738. The minimum atomic E-state index is -0.819. The second kappa shape index (κ2) is 48.6. The van der Waals surface area contributed by atoms with E-state index in [1.54, 1.807) is 0 Å². The average Bonchev–Trinajstić information content (AvgIpc) is 3.26. The summed E-state index contributed by atoms with van der Waals surface area (Å²) in [5.74, 6) is -0.593. The number of unbranched alkanes of at least 4 members (excludes halogenated alkanes) is 17. The van der Waals surface area contributed by atoms with Crippen molar-refractivity contribution < 1.29 is 24.5 Å². The lowest BCUT2D eigenvalue weighted by molar-refractivity contribution is -0.151. The van der Waals surface area contributed by atoms with Crippen LogP contribution in [0.4, 0.5) is 0 Å². The molecule has 6 heteroatoms. The van der Waals surface area contributed by atoms with Crippen molar-refractivity contribution >= 4 is 11.9 Å². The summed E-state index contributed by atoms with van der Waals surface area (Å²) in [5.41, 5.74) is 0. The molecule has 0 aromatic carbocycles. The fourth-order valence-corrected chi connectivity index (χ4v) is 6.98. The van der Waals surface area contributed by atoms with Crippen LogP contribution in [0.15, 0.2) is 109 Å². The van der Waals surface area contributed by atoms with Gasteiger partial charge in [0, 0.05) is 6.42 Å². The summed E-state index contributed by atoms with van der Waals surface area (Å²) in [7, 11) is 0. The summed E-state index contributed by atoms with van der Waals surface area (Å²) < 4.78 is 5.87. The highest BCUT2D eigenvalue weighted by molar-refractivity contribution is 5.77. The first-order valence-corrected chi connectivity index (χ1v) is 25.2. The zero-order valence-corrected chi connectivity index (χ0v) is 40.0. The molecule has 3 atom stereocenters. The number of hydrogen-bond acceptors (Lipinski definition) is 5. The summed E-state index contributed by atoms with van der Waals surface area (Å²) in [4.78, 5) is 26.1. The number of aliphatic hydroxyl groups is 2. The summed E-state index contributed by atoms with van der Waals surface area (Å²) in [6.45, 7) is 6.18. The standard InChI is InChI=1S/C56H93NO5/c1-4-7-10-13-16-19-22-25-27-28-31-34-37-40-43-46-49-56(61)62-52(47-44-41-38-35-32-29-24-21-18-15-12-9-6-3)50-55(60)57-53(51-58)54(59)48-45-42-39-36-33-30-26-23-20-17-14-11-8-5-2/h7,9-10,12,15-16,18-19,21,24-25,27,29,31-32,34-35,38,52-54,58-59H,4-6,8,11,13-14,17,20,22-23,26,28,30,33,36-37,39-51H2,1-3H3,(H,57,60)/b10-7+,12-9+,18-15+,19-16+,24-21-,27-25+,32-29-,34-31+,38-35+. The maximum Gasteiger partial charge on any atom is 0.306 e. The first-order chi connectivity index (χ1) is 30.5. The predicted molar refractivity (Wildman–Crippen MR) is 268 cm³/mol. The van der Waals surface area contributed by atoms with Gasteiger partial charge in [-0.1, -0.05) is 226 Å². The van der Waals surface area contributed by atoms with E-state index in [4.69, 9.17) is 4.74 Å². The molecule has 352 valence electrons. The zero-order valence-electron chi connectivity index (χ0n) is 40.0. The van der Waals surface area contributed by atoms with Gasteiger partial charge in [0.25, 0.3) is 0 Å². The Bertz CT molecular complexity index is 1280. The number of amides is 1. The van der Waals surface area contributed by atoms with Crippen molar-refractivity contribution in [3.05, 3.63) is 109 Å². The molecule has 3 N–H and O–H groups in total. The van der Waals surface area contributed by atoms with Crippen molar-refractivity contribution in [3.63, 3.8) is 0 Å². The summed E-state index contributed by atoms with van der Waals surface area (Å²) in [6.07, 6.45) is 65.8. The van der Waals surface area contributed by atoms with E-state index in [2.05, 4.69) is 86.8 Å². The molecule has 6 nitrogen and oxygen atoms in total. The fourth-order valence-electron chi connectivity index (χ4n) is 6.98. The normalized spacial score (nSPS) is 14.2. The van der Waals surface area contributed by atoms with Crippen LogP contribution in [0, 0.1) is 0 Å². The molecule has 0 saturated carbocycles. The number of carbonyl (C=O) groups excluding carboxylic acids is 2. The number of aliphatic hydroxyl groups excluding tert-OH is 2. The molecule has 0 bridgehead atoms. The van der Waals surface area contributed by atoms with Crippen LogP contribution in [0.25, 0.3) is 0 Å². The lowest BCUT2D eigenvalue weighted by Gasteiger charge is -2.24. The minimum absolute atomic E-state index is 0.00895. The minimum Gasteiger partial charge on any atom is -0.462 e. The quantitative estimate of drug-likeness (QED) is 0.0246. The Balaban J connectivity index is 4.74. The van der Waals surface area contributed by atoms with Crippen LogP contribution in [-0.2, 0) is 14.3 Å². The Morgan fingerprint density at radius 3 is 1.52 bits per heavy atom. The molecule has 0 spiro atoms. The molecule has 0 aliphatic rings. The van der Waals surface area contributed by atoms with Gasteiger partial charge in [-0.15, -0.1) is 0 Å². The number of ether oxygens (including phenoxy) is 1. The van der Waals surface area contributed by atoms with Crippen molar-refractivity contribution in [2.45, 2.75) is 225 Å². The molecule has 0 fully saturated rings. The number of esters is 1. The smallest absolute Gasteiger partial charge is 0.306 e. The van der Waals surface area contributed by atoms with Crippen molar-refractivity contribution in [1.29, 1.82) is 0 Å². The van der Waals surface area contributed by atoms with Crippen molar-refractivity contribution in [1.82, 2.24) is 5.32 Å². The molecule has 0 aromatic heterocycles. The van der Waals surface area contributed by atoms with Crippen molar-refractivity contribution in [2.75, 3.05) is 6.61 Å². The number of hydrogen-bond donors (Lipinski definition) is 3. The van der Waals surface area contributed by atoms with Gasteiger partial charge in [0.05, 0.1) is 25.2 Å². The van der Waals surface area contributed by atoms with E-state index in [1.165, 1.54) is 70.6 Å². The molecule has 0 radical (unpaired) electrons. The maximum absolute atomic E-state index is 13.2. The highest BCUT2D eigenvalue weighted by atomic mass is 16.5. The third kappa shape index (κ3) is 43.2. The predicted octanol–water partition coefficient (Wildman–Crippen LogP) is 15.1. The molecule has 1 amide bonds. The topological polar surface area (TPSA) is 95.9 Å². The Morgan fingerprint density at radius 2 is 0.968 bits per heavy atom. The number of carbonyl (C=O) groups is 2. The molecule has 0 heterocycles. The van der Waals surface area contributed by atoms with E-state index in [0.717, 1.165) is 89.9 Å². The fraction of sp³-hybridized carbons (Fsp3) is 0.643. The van der Waals surface area contributed by atoms with Gasteiger partial charge in [-0.05, 0) is 77.0 Å². The van der Waals surface area contributed by atoms with Gasteiger partial charge in [-0.25, -0.2) is 0 Å². The van der Waals surface area contributed by atoms with Gasteiger partial charge < -0.3 is 20.3 Å². The van der Waals surface area contributed by atoms with Crippen molar-refractivity contribution in [2.24, 2.45) is 0 Å². The van der Waals surface area contributed by atoms with Crippen LogP contribution < -0.4 is 5.32 Å². The second-order valence-corrected chi connectivity index (χ2v) is 16.6. The molecule has 0 aliphatic heterocycles. The Morgan fingerprint density at radius 1 is 0.500 bits per heavy atom. The van der Waals surface area contributed by atoms with Gasteiger partial charge in [0.2, 0.25) is 5.91 Å². The highest BCUT2D eigenvalue weighted by Crippen LogP contribution is 2.16. The second-order valence-electron chi connectivity index (χ2n) is 16.6. The third-order valence-corrected chi connectivity index (χ3v) is 10.7. The third-order valence-electron chi connectivity index (χ3n) is 10.7. The van der Waals surface area contributed by atoms with Crippen molar-refractivity contribution in [3.8, 4) is 0 Å². The Kier molecular flexibility index (Phi) is 45.8. The molecule has 0 aromatic rings. The van der Waals surface area contributed by atoms with Gasteiger partial charge in [-0.2, -0.15) is 0 Å². The monoisotopic (exact) mass is 860 g/mol. The first-order valence-electron chi connectivity index (χ1n) is 25.2. The molecular formula is C56H93NO5. The molecule has 0 rings (SSSR count). The van der Waals surface area contributed by atoms with Crippen LogP contribution in [0.5, 0.6) is 0 Å². The van der Waals surface area contributed by atoms with E-state index in [0.29, 0.717) is 19.3 Å². The van der Waals surface area contributed by atoms with Crippen LogP contribution in [0.3, 0.4) is 0 Å². The summed E-state index contributed by atoms with van der Waals surface area (Å²) >= 11 is 0. The van der Waals surface area contributed by atoms with Crippen LogP contribution in [-0.4, -0.2) is 46.9 Å². The average molecular weight is 860 g/mol. The number of rotatable bonds is 43. The van der Waals surface area contributed by atoms with Gasteiger partial charge >= 0.3 is 5.97 Å². The highest BCUT2D eigenvalue weighted by Gasteiger charge is 2.24. The number of nitrogens with one attached hydrogen (secondary N) is 1. The lowest BCUT2D eigenvalue weighted by atomic mass is 10.0. The lowest BCUT2D eigenvalue weighted by Crippen LogP contribution is -2.46. The van der Waals surface area contributed by atoms with E-state index in [-0.39, 0.29) is 24.9 Å². The molecule has 3 unspecified atom stereocenters. The largest absolute Gasteiger partial charge is 0.462 e. The van der Waals surface area contributed by atoms with E-state index in [1.807, 2.05) is 48.6 Å². The van der Waals surface area contributed by atoms with Gasteiger partial charge in [-0.3, -0.25) is 9.59 Å². The van der Waals surface area contributed by atoms with E-state index < -0.39 is 18.2 Å². The van der Waals surface area contributed by atoms with Crippen LogP contribution >= 0.6 is 0 Å².